The first kappa shape index (κ1) is 21.3. The van der Waals surface area contributed by atoms with Crippen LogP contribution in [0.25, 0.3) is 0 Å². The minimum absolute atomic E-state index is 0.0667. The molecule has 0 N–H and O–H groups in total. The first-order chi connectivity index (χ1) is 15.9. The molecule has 2 aromatic rings. The maximum Gasteiger partial charge on any atom is 0.269 e. The van der Waals surface area contributed by atoms with Crippen molar-refractivity contribution in [2.75, 3.05) is 39.3 Å². The predicted octanol–water partition coefficient (Wildman–Crippen LogP) is 0.342. The highest BCUT2D eigenvalue weighted by Gasteiger charge is 2.43. The topological polar surface area (TPSA) is 114 Å². The van der Waals surface area contributed by atoms with Crippen LogP contribution >= 0.6 is 0 Å². The Bertz CT molecular complexity index is 1240. The van der Waals surface area contributed by atoms with Crippen molar-refractivity contribution in [3.05, 3.63) is 54.1 Å². The van der Waals surface area contributed by atoms with E-state index in [-0.39, 0.29) is 49.2 Å². The van der Waals surface area contributed by atoms with Crippen LogP contribution in [-0.2, 0) is 19.6 Å². The first-order valence-corrected chi connectivity index (χ1v) is 11.9. The number of carbonyl (C=O) groups excluding carboxylic acids is 3. The van der Waals surface area contributed by atoms with Gasteiger partial charge in [-0.05, 0) is 24.3 Å². The number of carbonyl (C=O) groups is 3. The van der Waals surface area contributed by atoms with Gasteiger partial charge in [-0.25, -0.2) is 12.7 Å². The number of fused-ring (bicyclic) bond motifs is 2. The maximum absolute atomic E-state index is 12.9. The summed E-state index contributed by atoms with van der Waals surface area (Å²) in [6.45, 7) is 0.526. The number of hydrogen-bond acceptors (Lipinski definition) is 7. The summed E-state index contributed by atoms with van der Waals surface area (Å²) in [5.74, 6) is -0.330. The number of piperazine rings is 1. The van der Waals surface area contributed by atoms with Gasteiger partial charge in [0.2, 0.25) is 12.0 Å². The molecule has 0 bridgehead atoms. The van der Waals surface area contributed by atoms with Crippen LogP contribution in [-0.4, -0.2) is 85.7 Å². The third-order valence-electron chi connectivity index (χ3n) is 5.92. The Morgan fingerprint density at radius 1 is 0.909 bits per heavy atom. The summed E-state index contributed by atoms with van der Waals surface area (Å²) >= 11 is 0. The Hall–Kier alpha value is -3.60. The van der Waals surface area contributed by atoms with Gasteiger partial charge in [-0.3, -0.25) is 14.4 Å². The highest BCUT2D eigenvalue weighted by Crippen LogP contribution is 2.32. The number of amides is 3. The average molecular weight is 471 g/mol. The molecule has 5 rings (SSSR count). The molecule has 3 amide bonds. The van der Waals surface area contributed by atoms with Crippen LogP contribution in [0.1, 0.15) is 10.4 Å². The van der Waals surface area contributed by atoms with E-state index in [9.17, 15) is 22.8 Å². The Labute approximate surface area is 190 Å². The predicted molar refractivity (Wildman–Crippen MR) is 114 cm³/mol. The molecule has 172 valence electrons. The molecule has 3 heterocycles. The summed E-state index contributed by atoms with van der Waals surface area (Å²) in [5.41, 5.74) is 0.0667. The molecule has 0 spiro atoms. The fourth-order valence-corrected chi connectivity index (χ4v) is 5.65. The van der Waals surface area contributed by atoms with Gasteiger partial charge < -0.3 is 19.3 Å². The minimum atomic E-state index is -4.05. The lowest BCUT2D eigenvalue weighted by Gasteiger charge is -2.37. The molecule has 2 aromatic carbocycles. The van der Waals surface area contributed by atoms with E-state index in [1.54, 1.807) is 29.2 Å². The lowest BCUT2D eigenvalue weighted by atomic mass is 10.2. The number of hydrogen-bond donors (Lipinski definition) is 0. The van der Waals surface area contributed by atoms with Gasteiger partial charge in [-0.15, -0.1) is 0 Å². The molecule has 11 heteroatoms. The summed E-state index contributed by atoms with van der Waals surface area (Å²) in [5, 5.41) is 0. The number of sulfonamides is 1. The van der Waals surface area contributed by atoms with Crippen LogP contribution in [0.3, 0.4) is 0 Å². The van der Waals surface area contributed by atoms with Crippen molar-refractivity contribution in [1.29, 1.82) is 0 Å². The number of rotatable bonds is 3. The van der Waals surface area contributed by atoms with Gasteiger partial charge in [0.15, 0.2) is 11.5 Å². The third kappa shape index (κ3) is 3.67. The number of benzene rings is 2. The van der Waals surface area contributed by atoms with Crippen molar-refractivity contribution in [2.24, 2.45) is 0 Å². The molecule has 1 saturated heterocycles. The smallest absolute Gasteiger partial charge is 0.269 e. The molecule has 3 aliphatic heterocycles. The molecule has 3 aliphatic rings. The molecule has 0 saturated carbocycles. The zero-order valence-electron chi connectivity index (χ0n) is 17.5. The molecule has 10 nitrogen and oxygen atoms in total. The van der Waals surface area contributed by atoms with Crippen molar-refractivity contribution in [1.82, 2.24) is 14.1 Å². The molecule has 0 aromatic heterocycles. The first-order valence-electron chi connectivity index (χ1n) is 10.5. The highest BCUT2D eigenvalue weighted by atomic mass is 32.2. The summed E-state index contributed by atoms with van der Waals surface area (Å²) in [6.07, 6.45) is -0.770. The number of para-hydroxylation sites is 2. The monoisotopic (exact) mass is 471 g/mol. The van der Waals surface area contributed by atoms with Gasteiger partial charge in [0, 0.05) is 26.2 Å². The largest absolute Gasteiger partial charge is 0.485 e. The summed E-state index contributed by atoms with van der Waals surface area (Å²) < 4.78 is 37.3. The SMILES string of the molecule is O=C(CN1C(=O)c2ccccc2S1(=O)=O)N1CCN(C(=O)C2COc3ccccc3O2)CC1. The van der Waals surface area contributed by atoms with Gasteiger partial charge in [0.25, 0.3) is 21.8 Å². The average Bonchev–Trinajstić information content (AvgIpc) is 3.04. The Morgan fingerprint density at radius 3 is 2.27 bits per heavy atom. The zero-order chi connectivity index (χ0) is 23.2. The quantitative estimate of drug-likeness (QED) is 0.634. The highest BCUT2D eigenvalue weighted by molar-refractivity contribution is 7.90. The van der Waals surface area contributed by atoms with Crippen LogP contribution in [0.5, 0.6) is 11.5 Å². The molecular weight excluding hydrogens is 450 g/mol. The standard InChI is InChI=1S/C22H21N3O7S/c26-20(13-25-21(27)15-5-1-4-8-19(15)33(25,29)30)23-9-11-24(12-10-23)22(28)18-14-31-16-6-2-3-7-17(16)32-18/h1-8,18H,9-14H2. The van der Waals surface area contributed by atoms with E-state index in [0.717, 1.165) is 0 Å². The summed E-state index contributed by atoms with van der Waals surface area (Å²) in [7, 11) is -4.05. The fraction of sp³-hybridized carbons (Fsp3) is 0.318. The molecule has 1 atom stereocenters. The second-order valence-electron chi connectivity index (χ2n) is 7.88. The molecule has 1 fully saturated rings. The van der Waals surface area contributed by atoms with Crippen molar-refractivity contribution >= 4 is 27.7 Å². The lowest BCUT2D eigenvalue weighted by Crippen LogP contribution is -2.56. The molecule has 1 unspecified atom stereocenters. The second kappa shape index (κ2) is 8.07. The van der Waals surface area contributed by atoms with E-state index in [4.69, 9.17) is 9.47 Å². The number of ether oxygens (including phenoxy) is 2. The third-order valence-corrected chi connectivity index (χ3v) is 7.71. The van der Waals surface area contributed by atoms with Gasteiger partial charge in [-0.2, -0.15) is 0 Å². The van der Waals surface area contributed by atoms with Crippen LogP contribution in [0.4, 0.5) is 0 Å². The second-order valence-corrected chi connectivity index (χ2v) is 9.71. The minimum Gasteiger partial charge on any atom is -0.485 e. The maximum atomic E-state index is 12.9. The van der Waals surface area contributed by atoms with E-state index in [0.29, 0.717) is 15.8 Å². The molecule has 33 heavy (non-hydrogen) atoms. The van der Waals surface area contributed by atoms with Crippen molar-refractivity contribution < 1.29 is 32.3 Å². The van der Waals surface area contributed by atoms with Crippen LogP contribution in [0, 0.1) is 0 Å². The molecule has 0 aliphatic carbocycles. The zero-order valence-corrected chi connectivity index (χ0v) is 18.4. The van der Waals surface area contributed by atoms with E-state index in [1.807, 2.05) is 6.07 Å². The van der Waals surface area contributed by atoms with E-state index < -0.39 is 34.5 Å². The van der Waals surface area contributed by atoms with E-state index in [1.165, 1.54) is 23.1 Å². The molecule has 0 radical (unpaired) electrons. The fourth-order valence-electron chi connectivity index (χ4n) is 4.13. The van der Waals surface area contributed by atoms with Gasteiger partial charge in [0.05, 0.1) is 5.56 Å². The number of nitrogens with zero attached hydrogens (tertiary/aromatic N) is 3. The van der Waals surface area contributed by atoms with Crippen LogP contribution in [0.15, 0.2) is 53.4 Å². The lowest BCUT2D eigenvalue weighted by molar-refractivity contribution is -0.146. The Balaban J connectivity index is 1.18. The van der Waals surface area contributed by atoms with Crippen LogP contribution < -0.4 is 9.47 Å². The molecular formula is C22H21N3O7S. The Morgan fingerprint density at radius 2 is 1.55 bits per heavy atom. The van der Waals surface area contributed by atoms with Gasteiger partial charge in [-0.1, -0.05) is 24.3 Å². The summed E-state index contributed by atoms with van der Waals surface area (Å²) in [6, 6.07) is 13.0. The normalized spacial score (nSPS) is 21.0. The summed E-state index contributed by atoms with van der Waals surface area (Å²) in [4.78, 5) is 41.1. The van der Waals surface area contributed by atoms with Gasteiger partial charge >= 0.3 is 0 Å². The van der Waals surface area contributed by atoms with Crippen LogP contribution in [0.2, 0.25) is 0 Å². The van der Waals surface area contributed by atoms with Crippen molar-refractivity contribution in [2.45, 2.75) is 11.0 Å². The van der Waals surface area contributed by atoms with Crippen molar-refractivity contribution in [3.63, 3.8) is 0 Å². The van der Waals surface area contributed by atoms with E-state index >= 15 is 0 Å². The van der Waals surface area contributed by atoms with Gasteiger partial charge in [0.1, 0.15) is 18.0 Å². The van der Waals surface area contributed by atoms with Crippen molar-refractivity contribution in [3.8, 4) is 11.5 Å². The van der Waals surface area contributed by atoms with E-state index in [2.05, 4.69) is 0 Å². The Kier molecular flexibility index (Phi) is 5.20.